The molecule has 1 saturated carbocycles. The van der Waals surface area contributed by atoms with Gasteiger partial charge in [-0.25, -0.2) is 0 Å². The number of anilines is 1. The van der Waals surface area contributed by atoms with E-state index >= 15 is 0 Å². The molecule has 0 heterocycles. The Morgan fingerprint density at radius 2 is 1.78 bits per heavy atom. The number of hydrogen-bond acceptors (Lipinski definition) is 4. The third-order valence-electron chi connectivity index (χ3n) is 4.48. The van der Waals surface area contributed by atoms with Crippen LogP contribution < -0.4 is 16.0 Å². The topological polar surface area (TPSA) is 87.3 Å². The first-order valence-corrected chi connectivity index (χ1v) is 10.4. The lowest BCUT2D eigenvalue weighted by molar-refractivity contribution is -0.122. The van der Waals surface area contributed by atoms with Gasteiger partial charge in [-0.15, -0.1) is 11.8 Å². The molecule has 0 radical (unpaired) electrons. The van der Waals surface area contributed by atoms with Gasteiger partial charge in [0.1, 0.15) is 0 Å². The van der Waals surface area contributed by atoms with Crippen molar-refractivity contribution in [2.24, 2.45) is 0 Å². The number of carbonyl (C=O) groups excluding carboxylic acids is 3. The lowest BCUT2D eigenvalue weighted by Crippen LogP contribution is -2.39. The van der Waals surface area contributed by atoms with Gasteiger partial charge in [0.05, 0.1) is 5.25 Å². The van der Waals surface area contributed by atoms with Crippen molar-refractivity contribution in [3.8, 4) is 0 Å². The SMILES string of the molecule is CC(=O)Nc1ccc(SC(C)C(=O)NCCC(=O)NC2CCCCC2)cc1. The Morgan fingerprint density at radius 1 is 1.11 bits per heavy atom. The molecule has 0 spiro atoms. The summed E-state index contributed by atoms with van der Waals surface area (Å²) in [6.45, 7) is 3.65. The lowest BCUT2D eigenvalue weighted by atomic mass is 9.95. The van der Waals surface area contributed by atoms with Crippen molar-refractivity contribution in [1.82, 2.24) is 10.6 Å². The lowest BCUT2D eigenvalue weighted by Gasteiger charge is -2.22. The molecule has 3 N–H and O–H groups in total. The molecule has 1 aromatic carbocycles. The van der Waals surface area contributed by atoms with Crippen molar-refractivity contribution in [3.63, 3.8) is 0 Å². The predicted molar refractivity (Wildman–Crippen MR) is 109 cm³/mol. The van der Waals surface area contributed by atoms with Crippen LogP contribution in [-0.4, -0.2) is 35.6 Å². The Hall–Kier alpha value is -2.02. The van der Waals surface area contributed by atoms with Crippen LogP contribution >= 0.6 is 11.8 Å². The van der Waals surface area contributed by atoms with Crippen molar-refractivity contribution < 1.29 is 14.4 Å². The van der Waals surface area contributed by atoms with E-state index < -0.39 is 0 Å². The van der Waals surface area contributed by atoms with Crippen LogP contribution in [0.4, 0.5) is 5.69 Å². The van der Waals surface area contributed by atoms with E-state index in [-0.39, 0.29) is 23.0 Å². The molecule has 0 saturated heterocycles. The fourth-order valence-corrected chi connectivity index (χ4v) is 3.96. The summed E-state index contributed by atoms with van der Waals surface area (Å²) < 4.78 is 0. The molecule has 1 fully saturated rings. The van der Waals surface area contributed by atoms with Gasteiger partial charge in [0.2, 0.25) is 17.7 Å². The van der Waals surface area contributed by atoms with Crippen LogP contribution in [0.5, 0.6) is 0 Å². The molecule has 7 heteroatoms. The first-order chi connectivity index (χ1) is 12.9. The Labute approximate surface area is 165 Å². The minimum atomic E-state index is -0.266. The van der Waals surface area contributed by atoms with Gasteiger partial charge in [-0.1, -0.05) is 19.3 Å². The van der Waals surface area contributed by atoms with Crippen molar-refractivity contribution in [2.75, 3.05) is 11.9 Å². The average molecular weight is 392 g/mol. The van der Waals surface area contributed by atoms with E-state index in [9.17, 15) is 14.4 Å². The van der Waals surface area contributed by atoms with Gasteiger partial charge >= 0.3 is 0 Å². The highest BCUT2D eigenvalue weighted by Gasteiger charge is 2.17. The quantitative estimate of drug-likeness (QED) is 0.594. The highest BCUT2D eigenvalue weighted by atomic mass is 32.2. The highest BCUT2D eigenvalue weighted by Crippen LogP contribution is 2.24. The predicted octanol–water partition coefficient (Wildman–Crippen LogP) is 3.08. The minimum Gasteiger partial charge on any atom is -0.355 e. The number of nitrogens with one attached hydrogen (secondary N) is 3. The van der Waals surface area contributed by atoms with Gasteiger partial charge in [0, 0.05) is 36.5 Å². The Balaban J connectivity index is 1.67. The van der Waals surface area contributed by atoms with Crippen LogP contribution in [0.3, 0.4) is 0 Å². The van der Waals surface area contributed by atoms with E-state index in [0.717, 1.165) is 23.4 Å². The monoisotopic (exact) mass is 391 g/mol. The summed E-state index contributed by atoms with van der Waals surface area (Å²) in [7, 11) is 0. The number of benzene rings is 1. The van der Waals surface area contributed by atoms with Crippen LogP contribution in [0.2, 0.25) is 0 Å². The third kappa shape index (κ3) is 8.03. The number of thioether (sulfide) groups is 1. The first-order valence-electron chi connectivity index (χ1n) is 9.55. The molecule has 0 aliphatic heterocycles. The Morgan fingerprint density at radius 3 is 2.41 bits per heavy atom. The summed E-state index contributed by atoms with van der Waals surface area (Å²) in [5.41, 5.74) is 0.730. The molecule has 1 unspecified atom stereocenters. The molecule has 0 bridgehead atoms. The molecule has 27 heavy (non-hydrogen) atoms. The van der Waals surface area contributed by atoms with Gasteiger partial charge in [-0.05, 0) is 44.0 Å². The molecule has 1 atom stereocenters. The van der Waals surface area contributed by atoms with Gasteiger partial charge in [0.15, 0.2) is 0 Å². The number of amides is 3. The second-order valence-electron chi connectivity index (χ2n) is 6.91. The van der Waals surface area contributed by atoms with Crippen LogP contribution in [0.25, 0.3) is 0 Å². The molecule has 0 aromatic heterocycles. The Bertz CT molecular complexity index is 642. The van der Waals surface area contributed by atoms with E-state index in [1.165, 1.54) is 37.9 Å². The molecular weight excluding hydrogens is 362 g/mol. The number of rotatable bonds is 8. The van der Waals surface area contributed by atoms with E-state index in [4.69, 9.17) is 0 Å². The van der Waals surface area contributed by atoms with E-state index in [1.807, 2.05) is 31.2 Å². The van der Waals surface area contributed by atoms with Crippen LogP contribution in [0, 0.1) is 0 Å². The summed E-state index contributed by atoms with van der Waals surface area (Å²) in [6, 6.07) is 7.67. The zero-order chi connectivity index (χ0) is 19.6. The number of hydrogen-bond donors (Lipinski definition) is 3. The van der Waals surface area contributed by atoms with E-state index in [1.54, 1.807) is 0 Å². The smallest absolute Gasteiger partial charge is 0.233 e. The molecule has 1 aliphatic rings. The maximum Gasteiger partial charge on any atom is 0.233 e. The molecule has 3 amide bonds. The second-order valence-corrected chi connectivity index (χ2v) is 8.32. The van der Waals surface area contributed by atoms with Crippen LogP contribution in [0.15, 0.2) is 29.2 Å². The maximum atomic E-state index is 12.2. The van der Waals surface area contributed by atoms with Crippen molar-refractivity contribution in [3.05, 3.63) is 24.3 Å². The summed E-state index contributed by atoms with van der Waals surface area (Å²) in [4.78, 5) is 36.1. The molecule has 148 valence electrons. The van der Waals surface area contributed by atoms with Gasteiger partial charge in [-0.3, -0.25) is 14.4 Å². The molecule has 1 aliphatic carbocycles. The molecule has 6 nitrogen and oxygen atoms in total. The fraction of sp³-hybridized carbons (Fsp3) is 0.550. The Kier molecular flexibility index (Phi) is 8.64. The summed E-state index contributed by atoms with van der Waals surface area (Å²) in [5.74, 6) is -0.192. The van der Waals surface area contributed by atoms with Gasteiger partial charge in [0.25, 0.3) is 0 Å². The normalized spacial score (nSPS) is 15.6. The number of carbonyl (C=O) groups is 3. The maximum absolute atomic E-state index is 12.2. The summed E-state index contributed by atoms with van der Waals surface area (Å²) in [6.07, 6.45) is 6.06. The summed E-state index contributed by atoms with van der Waals surface area (Å²) in [5, 5.41) is 8.33. The third-order valence-corrected chi connectivity index (χ3v) is 5.59. The van der Waals surface area contributed by atoms with Gasteiger partial charge < -0.3 is 16.0 Å². The van der Waals surface area contributed by atoms with Gasteiger partial charge in [-0.2, -0.15) is 0 Å². The average Bonchev–Trinajstić information content (AvgIpc) is 2.63. The summed E-state index contributed by atoms with van der Waals surface area (Å²) >= 11 is 1.44. The minimum absolute atomic E-state index is 0.0102. The molecule has 1 aromatic rings. The van der Waals surface area contributed by atoms with E-state index in [2.05, 4.69) is 16.0 Å². The zero-order valence-electron chi connectivity index (χ0n) is 16.0. The van der Waals surface area contributed by atoms with Crippen molar-refractivity contribution >= 4 is 35.2 Å². The van der Waals surface area contributed by atoms with Crippen molar-refractivity contribution in [1.29, 1.82) is 0 Å². The molecule has 2 rings (SSSR count). The molecular formula is C20H29N3O3S. The fourth-order valence-electron chi connectivity index (χ4n) is 3.07. The second kappa shape index (κ2) is 11.0. The zero-order valence-corrected chi connectivity index (χ0v) is 16.9. The first kappa shape index (κ1) is 21.3. The highest BCUT2D eigenvalue weighted by molar-refractivity contribution is 8.00. The largest absolute Gasteiger partial charge is 0.355 e. The van der Waals surface area contributed by atoms with Crippen LogP contribution in [0.1, 0.15) is 52.4 Å². The van der Waals surface area contributed by atoms with E-state index in [0.29, 0.717) is 19.0 Å². The van der Waals surface area contributed by atoms with Crippen molar-refractivity contribution in [2.45, 2.75) is 68.6 Å². The van der Waals surface area contributed by atoms with Crippen LogP contribution in [-0.2, 0) is 14.4 Å². The standard InChI is InChI=1S/C20H29N3O3S/c1-14(27-18-10-8-17(9-11-18)22-15(2)24)20(26)21-13-12-19(25)23-16-6-4-3-5-7-16/h8-11,14,16H,3-7,12-13H2,1-2H3,(H,21,26)(H,22,24)(H,23,25).